The number of aromatic hydroxyl groups is 1. The quantitative estimate of drug-likeness (QED) is 0.175. The Morgan fingerprint density at radius 3 is 1.87 bits per heavy atom. The number of aliphatic hydroxyl groups is 2. The maximum absolute atomic E-state index is 13.3. The maximum Gasteiger partial charge on any atom is 0.240 e. The predicted molar refractivity (Wildman–Crippen MR) is 150 cm³/mol. The fraction of sp³-hybridized carbons (Fsp3) is 0.290. The van der Waals surface area contributed by atoms with Crippen molar-refractivity contribution in [2.45, 2.75) is 50.0 Å². The average Bonchev–Trinajstić information content (AvgIpc) is 2.92. The van der Waals surface area contributed by atoms with Crippen LogP contribution in [0.15, 0.2) is 97.1 Å². The Morgan fingerprint density at radius 1 is 0.769 bits per heavy atom. The van der Waals surface area contributed by atoms with Gasteiger partial charge < -0.3 is 32.1 Å². The van der Waals surface area contributed by atoms with Crippen molar-refractivity contribution in [3.05, 3.63) is 114 Å². The van der Waals surface area contributed by atoms with Crippen molar-refractivity contribution in [3.8, 4) is 5.75 Å². The van der Waals surface area contributed by atoms with E-state index in [0.717, 1.165) is 16.7 Å². The van der Waals surface area contributed by atoms with Crippen molar-refractivity contribution in [1.82, 2.24) is 5.32 Å². The van der Waals surface area contributed by atoms with Gasteiger partial charge in [0.2, 0.25) is 11.8 Å². The van der Waals surface area contributed by atoms with Crippen LogP contribution < -0.4 is 16.8 Å². The predicted octanol–water partition coefficient (Wildman–Crippen LogP) is 2.00. The SMILES string of the molecule is NC(=O)[C@H](Cc1ccccc1)NC(=O)[C@H](Cc1ccccc1)[C@@H](O)/C=C/[C@@H](O)C[C@@H](N)Cc1ccc(O)cc1. The number of amides is 2. The van der Waals surface area contributed by atoms with Gasteiger partial charge in [-0.25, -0.2) is 0 Å². The van der Waals surface area contributed by atoms with E-state index < -0.39 is 36.0 Å². The van der Waals surface area contributed by atoms with Crippen LogP contribution in [0.5, 0.6) is 5.75 Å². The molecule has 206 valence electrons. The van der Waals surface area contributed by atoms with Crippen LogP contribution in [0, 0.1) is 5.92 Å². The number of phenolic OH excluding ortho intramolecular Hbond substituents is 1. The highest BCUT2D eigenvalue weighted by Gasteiger charge is 2.29. The molecule has 3 aromatic carbocycles. The molecule has 0 bridgehead atoms. The van der Waals surface area contributed by atoms with Gasteiger partial charge in [-0.3, -0.25) is 9.59 Å². The number of rotatable bonds is 14. The van der Waals surface area contributed by atoms with E-state index in [1.165, 1.54) is 12.2 Å². The molecule has 8 nitrogen and oxygen atoms in total. The molecule has 8 heteroatoms. The van der Waals surface area contributed by atoms with Gasteiger partial charge in [0.15, 0.2) is 0 Å². The van der Waals surface area contributed by atoms with Crippen LogP contribution in [0.3, 0.4) is 0 Å². The van der Waals surface area contributed by atoms with Crippen molar-refractivity contribution in [2.24, 2.45) is 17.4 Å². The number of nitrogens with two attached hydrogens (primary N) is 2. The lowest BCUT2D eigenvalue weighted by atomic mass is 9.91. The van der Waals surface area contributed by atoms with Crippen molar-refractivity contribution in [2.75, 3.05) is 0 Å². The van der Waals surface area contributed by atoms with Gasteiger partial charge in [0.1, 0.15) is 11.8 Å². The van der Waals surface area contributed by atoms with Crippen LogP contribution in [-0.4, -0.2) is 51.4 Å². The molecule has 0 unspecified atom stereocenters. The number of benzene rings is 3. The van der Waals surface area contributed by atoms with Gasteiger partial charge >= 0.3 is 0 Å². The lowest BCUT2D eigenvalue weighted by Gasteiger charge is -2.24. The van der Waals surface area contributed by atoms with E-state index in [1.807, 2.05) is 60.7 Å². The molecular weight excluding hydrogens is 494 g/mol. The fourth-order valence-corrected chi connectivity index (χ4v) is 4.37. The topological polar surface area (TPSA) is 159 Å². The highest BCUT2D eigenvalue weighted by molar-refractivity contribution is 5.88. The summed E-state index contributed by atoms with van der Waals surface area (Å²) in [5.41, 5.74) is 14.4. The molecule has 0 saturated heterocycles. The van der Waals surface area contributed by atoms with E-state index in [9.17, 15) is 24.9 Å². The largest absolute Gasteiger partial charge is 0.508 e. The van der Waals surface area contributed by atoms with Crippen molar-refractivity contribution >= 4 is 11.8 Å². The van der Waals surface area contributed by atoms with Gasteiger partial charge in [0.25, 0.3) is 0 Å². The summed E-state index contributed by atoms with van der Waals surface area (Å²) in [6.07, 6.45) is 1.82. The van der Waals surface area contributed by atoms with Gasteiger partial charge in [-0.05, 0) is 48.1 Å². The van der Waals surface area contributed by atoms with E-state index in [0.29, 0.717) is 6.42 Å². The molecular formula is C31H37N3O5. The Hall–Kier alpha value is -3.98. The molecule has 0 aliphatic heterocycles. The van der Waals surface area contributed by atoms with E-state index in [4.69, 9.17) is 11.5 Å². The standard InChI is InChI=1S/C31H37N3O5/c32-24(17-23-11-13-25(35)14-12-23)20-26(36)15-16-29(37)27(18-21-7-3-1-4-8-21)31(39)34-28(30(33)38)19-22-9-5-2-6-10-22/h1-16,24,26-29,35-37H,17-20,32H2,(H2,33,38)(H,34,39)/b16-15+/t24-,26+,27+,28-,29-/m0/s1. The number of hydrogen-bond acceptors (Lipinski definition) is 6. The average molecular weight is 532 g/mol. The van der Waals surface area contributed by atoms with E-state index in [-0.39, 0.29) is 31.1 Å². The number of phenols is 1. The molecule has 0 radical (unpaired) electrons. The third-order valence-electron chi connectivity index (χ3n) is 6.50. The minimum atomic E-state index is -1.24. The summed E-state index contributed by atoms with van der Waals surface area (Å²) in [5, 5.41) is 33.6. The second kappa shape index (κ2) is 14.8. The minimum absolute atomic E-state index is 0.167. The summed E-state index contributed by atoms with van der Waals surface area (Å²) in [5.74, 6) is -1.96. The smallest absolute Gasteiger partial charge is 0.240 e. The van der Waals surface area contributed by atoms with Crippen molar-refractivity contribution in [3.63, 3.8) is 0 Å². The summed E-state index contributed by atoms with van der Waals surface area (Å²) in [6, 6.07) is 23.8. The minimum Gasteiger partial charge on any atom is -0.508 e. The Balaban J connectivity index is 1.67. The zero-order chi connectivity index (χ0) is 28.2. The summed E-state index contributed by atoms with van der Waals surface area (Å²) in [4.78, 5) is 25.5. The van der Waals surface area contributed by atoms with Gasteiger partial charge in [0.05, 0.1) is 18.1 Å². The molecule has 0 saturated carbocycles. The molecule has 0 aliphatic rings. The van der Waals surface area contributed by atoms with Gasteiger partial charge in [-0.2, -0.15) is 0 Å². The van der Waals surface area contributed by atoms with E-state index >= 15 is 0 Å². The Morgan fingerprint density at radius 2 is 1.31 bits per heavy atom. The molecule has 0 aromatic heterocycles. The number of carbonyl (C=O) groups excluding carboxylic acids is 2. The molecule has 0 heterocycles. The van der Waals surface area contributed by atoms with Gasteiger partial charge in [-0.15, -0.1) is 0 Å². The number of nitrogens with one attached hydrogen (secondary N) is 1. The van der Waals surface area contributed by atoms with Crippen LogP contribution in [0.4, 0.5) is 0 Å². The normalized spacial score (nSPS) is 15.3. The van der Waals surface area contributed by atoms with Crippen LogP contribution >= 0.6 is 0 Å². The number of hydrogen-bond donors (Lipinski definition) is 6. The van der Waals surface area contributed by atoms with Crippen LogP contribution in [0.1, 0.15) is 23.1 Å². The second-order valence-corrected chi connectivity index (χ2v) is 9.76. The number of primary amides is 1. The number of aliphatic hydroxyl groups excluding tert-OH is 2. The second-order valence-electron chi connectivity index (χ2n) is 9.76. The van der Waals surface area contributed by atoms with Gasteiger partial charge in [0, 0.05) is 12.5 Å². The first-order valence-corrected chi connectivity index (χ1v) is 13.0. The molecule has 3 rings (SSSR count). The highest BCUT2D eigenvalue weighted by Crippen LogP contribution is 2.17. The zero-order valence-corrected chi connectivity index (χ0v) is 21.8. The molecule has 5 atom stereocenters. The summed E-state index contributed by atoms with van der Waals surface area (Å²) in [7, 11) is 0. The third-order valence-corrected chi connectivity index (χ3v) is 6.50. The molecule has 0 aliphatic carbocycles. The summed E-state index contributed by atoms with van der Waals surface area (Å²) in [6.45, 7) is 0. The van der Waals surface area contributed by atoms with Crippen LogP contribution in [-0.2, 0) is 28.9 Å². The molecule has 8 N–H and O–H groups in total. The summed E-state index contributed by atoms with van der Waals surface area (Å²) >= 11 is 0. The molecule has 2 amide bonds. The molecule has 3 aromatic rings. The first-order chi connectivity index (χ1) is 18.7. The van der Waals surface area contributed by atoms with E-state index in [2.05, 4.69) is 5.32 Å². The maximum atomic E-state index is 13.3. The Labute approximate surface area is 229 Å². The Bertz CT molecular complexity index is 1200. The first-order valence-electron chi connectivity index (χ1n) is 13.0. The third kappa shape index (κ3) is 10.0. The fourth-order valence-electron chi connectivity index (χ4n) is 4.37. The molecule has 39 heavy (non-hydrogen) atoms. The zero-order valence-electron chi connectivity index (χ0n) is 21.8. The number of carbonyl (C=O) groups is 2. The first kappa shape index (κ1) is 29.6. The van der Waals surface area contributed by atoms with Crippen LogP contribution in [0.2, 0.25) is 0 Å². The lowest BCUT2D eigenvalue weighted by molar-refractivity contribution is -0.131. The Kier molecular flexibility index (Phi) is 11.2. The summed E-state index contributed by atoms with van der Waals surface area (Å²) < 4.78 is 0. The molecule has 0 spiro atoms. The van der Waals surface area contributed by atoms with Gasteiger partial charge in [-0.1, -0.05) is 84.9 Å². The molecule has 0 fully saturated rings. The monoisotopic (exact) mass is 531 g/mol. The van der Waals surface area contributed by atoms with Crippen molar-refractivity contribution in [1.29, 1.82) is 0 Å². The highest BCUT2D eigenvalue weighted by atomic mass is 16.3. The lowest BCUT2D eigenvalue weighted by Crippen LogP contribution is -2.50. The van der Waals surface area contributed by atoms with E-state index in [1.54, 1.807) is 24.3 Å². The van der Waals surface area contributed by atoms with Crippen LogP contribution in [0.25, 0.3) is 0 Å². The van der Waals surface area contributed by atoms with Crippen molar-refractivity contribution < 1.29 is 24.9 Å².